The summed E-state index contributed by atoms with van der Waals surface area (Å²) >= 11 is 1.59. The SMILES string of the molecule is CSCC[C@H](NC(=O)c1cccc([N+](=O)[O-])c1)C(=O)NC1CC1. The predicted molar refractivity (Wildman–Crippen MR) is 88.5 cm³/mol. The van der Waals surface area contributed by atoms with Crippen molar-refractivity contribution in [3.8, 4) is 0 Å². The molecule has 0 aromatic heterocycles. The normalized spacial score (nSPS) is 14.8. The van der Waals surface area contributed by atoms with Crippen LogP contribution in [0.1, 0.15) is 29.6 Å². The molecule has 2 amide bonds. The van der Waals surface area contributed by atoms with E-state index in [-0.39, 0.29) is 23.2 Å². The molecule has 1 atom stereocenters. The van der Waals surface area contributed by atoms with Gasteiger partial charge in [-0.15, -0.1) is 0 Å². The molecule has 7 nitrogen and oxygen atoms in total. The summed E-state index contributed by atoms with van der Waals surface area (Å²) in [6, 6.07) is 5.06. The number of nitro groups is 1. The fraction of sp³-hybridized carbons (Fsp3) is 0.467. The summed E-state index contributed by atoms with van der Waals surface area (Å²) < 4.78 is 0. The van der Waals surface area contributed by atoms with Gasteiger partial charge in [-0.3, -0.25) is 19.7 Å². The molecular formula is C15H19N3O4S. The molecule has 0 unspecified atom stereocenters. The summed E-state index contributed by atoms with van der Waals surface area (Å²) in [5, 5.41) is 16.3. The van der Waals surface area contributed by atoms with Crippen LogP contribution in [0.4, 0.5) is 5.69 Å². The molecule has 0 saturated heterocycles. The molecule has 124 valence electrons. The standard InChI is InChI=1S/C15H19N3O4S/c1-23-8-7-13(15(20)16-11-5-6-11)17-14(19)10-3-2-4-12(9-10)18(21)22/h2-4,9,11,13H,5-8H2,1H3,(H,16,20)(H,17,19)/t13-/m0/s1. The van der Waals surface area contributed by atoms with Gasteiger partial charge < -0.3 is 10.6 Å². The molecule has 23 heavy (non-hydrogen) atoms. The van der Waals surface area contributed by atoms with E-state index in [4.69, 9.17) is 0 Å². The minimum absolute atomic E-state index is 0.152. The van der Waals surface area contributed by atoms with Gasteiger partial charge in [0.25, 0.3) is 11.6 Å². The molecule has 1 aliphatic rings. The first-order valence-electron chi connectivity index (χ1n) is 7.36. The fourth-order valence-electron chi connectivity index (χ4n) is 2.04. The smallest absolute Gasteiger partial charge is 0.270 e. The van der Waals surface area contributed by atoms with Crippen molar-refractivity contribution in [2.75, 3.05) is 12.0 Å². The van der Waals surface area contributed by atoms with Crippen LogP contribution in [-0.4, -0.2) is 40.8 Å². The number of nitrogens with one attached hydrogen (secondary N) is 2. The molecule has 0 spiro atoms. The van der Waals surface area contributed by atoms with Gasteiger partial charge in [-0.05, 0) is 37.3 Å². The maximum Gasteiger partial charge on any atom is 0.270 e. The molecule has 0 heterocycles. The molecule has 1 aromatic rings. The number of hydrogen-bond acceptors (Lipinski definition) is 5. The maximum atomic E-state index is 12.3. The second kappa shape index (κ2) is 7.96. The number of hydrogen-bond donors (Lipinski definition) is 2. The molecule has 8 heteroatoms. The molecule has 1 saturated carbocycles. The van der Waals surface area contributed by atoms with Crippen molar-refractivity contribution in [2.45, 2.75) is 31.3 Å². The number of carbonyl (C=O) groups is 2. The van der Waals surface area contributed by atoms with E-state index in [1.807, 2.05) is 6.26 Å². The zero-order valence-electron chi connectivity index (χ0n) is 12.8. The maximum absolute atomic E-state index is 12.3. The number of rotatable bonds is 8. The predicted octanol–water partition coefficient (Wildman–Crippen LogP) is 1.72. The van der Waals surface area contributed by atoms with Crippen molar-refractivity contribution in [1.82, 2.24) is 10.6 Å². The van der Waals surface area contributed by atoms with Crippen molar-refractivity contribution >= 4 is 29.3 Å². The van der Waals surface area contributed by atoms with Crippen LogP contribution in [0.2, 0.25) is 0 Å². The third kappa shape index (κ3) is 5.24. The highest BCUT2D eigenvalue weighted by atomic mass is 32.2. The highest BCUT2D eigenvalue weighted by Gasteiger charge is 2.28. The molecule has 0 aliphatic heterocycles. The van der Waals surface area contributed by atoms with Gasteiger partial charge in [-0.1, -0.05) is 6.07 Å². The van der Waals surface area contributed by atoms with Gasteiger partial charge in [-0.25, -0.2) is 0 Å². The number of amides is 2. The Kier molecular flexibility index (Phi) is 5.97. The largest absolute Gasteiger partial charge is 0.352 e. The summed E-state index contributed by atoms with van der Waals surface area (Å²) in [7, 11) is 0. The van der Waals surface area contributed by atoms with Gasteiger partial charge in [0.05, 0.1) is 4.92 Å². The van der Waals surface area contributed by atoms with Crippen molar-refractivity contribution in [3.05, 3.63) is 39.9 Å². The molecule has 2 N–H and O–H groups in total. The first-order chi connectivity index (χ1) is 11.0. The zero-order chi connectivity index (χ0) is 16.8. The Hall–Kier alpha value is -2.09. The minimum Gasteiger partial charge on any atom is -0.352 e. The molecule has 0 bridgehead atoms. The molecule has 1 fully saturated rings. The van der Waals surface area contributed by atoms with E-state index in [1.54, 1.807) is 11.8 Å². The van der Waals surface area contributed by atoms with Crippen LogP contribution in [0.25, 0.3) is 0 Å². The molecular weight excluding hydrogens is 318 g/mol. The Morgan fingerprint density at radius 2 is 2.17 bits per heavy atom. The third-order valence-corrected chi connectivity index (χ3v) is 4.12. The highest BCUT2D eigenvalue weighted by molar-refractivity contribution is 7.98. The zero-order valence-corrected chi connectivity index (χ0v) is 13.6. The molecule has 1 aromatic carbocycles. The second-order valence-electron chi connectivity index (χ2n) is 5.40. The van der Waals surface area contributed by atoms with E-state index in [2.05, 4.69) is 10.6 Å². The second-order valence-corrected chi connectivity index (χ2v) is 6.38. The Morgan fingerprint density at radius 3 is 2.78 bits per heavy atom. The monoisotopic (exact) mass is 337 g/mol. The fourth-order valence-corrected chi connectivity index (χ4v) is 2.51. The van der Waals surface area contributed by atoms with Crippen LogP contribution >= 0.6 is 11.8 Å². The van der Waals surface area contributed by atoms with Crippen LogP contribution in [0.15, 0.2) is 24.3 Å². The van der Waals surface area contributed by atoms with E-state index in [0.717, 1.165) is 18.6 Å². The minimum atomic E-state index is -0.630. The first-order valence-corrected chi connectivity index (χ1v) is 8.75. The van der Waals surface area contributed by atoms with Crippen molar-refractivity contribution < 1.29 is 14.5 Å². The summed E-state index contributed by atoms with van der Waals surface area (Å²) in [4.78, 5) is 34.7. The van der Waals surface area contributed by atoms with Crippen LogP contribution in [0.3, 0.4) is 0 Å². The summed E-state index contributed by atoms with van der Waals surface area (Å²) in [5.74, 6) is 0.0592. The lowest BCUT2D eigenvalue weighted by molar-refractivity contribution is -0.384. The van der Waals surface area contributed by atoms with Gasteiger partial charge in [-0.2, -0.15) is 11.8 Å². The van der Waals surface area contributed by atoms with Crippen molar-refractivity contribution in [3.63, 3.8) is 0 Å². The van der Waals surface area contributed by atoms with Gasteiger partial charge in [0.15, 0.2) is 0 Å². The average molecular weight is 337 g/mol. The van der Waals surface area contributed by atoms with Gasteiger partial charge in [0, 0.05) is 23.7 Å². The number of benzene rings is 1. The molecule has 2 rings (SSSR count). The van der Waals surface area contributed by atoms with Crippen molar-refractivity contribution in [2.24, 2.45) is 0 Å². The Labute approximate surface area is 138 Å². The lowest BCUT2D eigenvalue weighted by Gasteiger charge is -2.18. The lowest BCUT2D eigenvalue weighted by Crippen LogP contribution is -2.47. The Balaban J connectivity index is 2.04. The van der Waals surface area contributed by atoms with Gasteiger partial charge in [0.1, 0.15) is 6.04 Å². The number of thioether (sulfide) groups is 1. The molecule has 1 aliphatic carbocycles. The van der Waals surface area contributed by atoms with Crippen LogP contribution in [0.5, 0.6) is 0 Å². The summed E-state index contributed by atoms with van der Waals surface area (Å²) in [5.41, 5.74) is 0.0216. The molecule has 0 radical (unpaired) electrons. The van der Waals surface area contributed by atoms with E-state index in [9.17, 15) is 19.7 Å². The number of carbonyl (C=O) groups excluding carboxylic acids is 2. The van der Waals surface area contributed by atoms with Crippen LogP contribution < -0.4 is 10.6 Å². The summed E-state index contributed by atoms with van der Waals surface area (Å²) in [6.45, 7) is 0. The first kappa shape index (κ1) is 17.3. The van der Waals surface area contributed by atoms with Gasteiger partial charge in [0.2, 0.25) is 5.91 Å². The quantitative estimate of drug-likeness (QED) is 0.555. The number of nitrogens with zero attached hydrogens (tertiary/aromatic N) is 1. The Morgan fingerprint density at radius 1 is 1.43 bits per heavy atom. The van der Waals surface area contributed by atoms with E-state index in [1.165, 1.54) is 24.3 Å². The van der Waals surface area contributed by atoms with Crippen molar-refractivity contribution in [1.29, 1.82) is 0 Å². The van der Waals surface area contributed by atoms with Gasteiger partial charge >= 0.3 is 0 Å². The van der Waals surface area contributed by atoms with Crippen LogP contribution in [0, 0.1) is 10.1 Å². The van der Waals surface area contributed by atoms with E-state index < -0.39 is 16.9 Å². The van der Waals surface area contributed by atoms with E-state index >= 15 is 0 Å². The number of nitro benzene ring substituents is 1. The lowest BCUT2D eigenvalue weighted by atomic mass is 10.1. The topological polar surface area (TPSA) is 101 Å². The third-order valence-electron chi connectivity index (χ3n) is 3.48. The highest BCUT2D eigenvalue weighted by Crippen LogP contribution is 2.19. The van der Waals surface area contributed by atoms with E-state index in [0.29, 0.717) is 6.42 Å². The Bertz CT molecular complexity index is 604. The number of non-ortho nitro benzene ring substituents is 1. The summed E-state index contributed by atoms with van der Waals surface area (Å²) in [6.07, 6.45) is 4.39. The average Bonchev–Trinajstić information content (AvgIpc) is 3.35. The van der Waals surface area contributed by atoms with Crippen LogP contribution in [-0.2, 0) is 4.79 Å².